The molecule has 1 fully saturated rings. The third-order valence-corrected chi connectivity index (χ3v) is 2.19. The minimum atomic E-state index is -0.574. The molecular weight excluding hydrogens is 240 g/mol. The quantitative estimate of drug-likeness (QED) is 0.589. The first-order valence-electron chi connectivity index (χ1n) is 5.34. The molecule has 1 aliphatic heterocycles. The molecule has 0 aromatic carbocycles. The van der Waals surface area contributed by atoms with Crippen molar-refractivity contribution in [3.05, 3.63) is 24.2 Å². The number of furan rings is 1. The summed E-state index contributed by atoms with van der Waals surface area (Å²) in [4.78, 5) is 22.0. The summed E-state index contributed by atoms with van der Waals surface area (Å²) in [6.07, 6.45) is 1.85. The fourth-order valence-corrected chi connectivity index (χ4v) is 1.39. The molecule has 1 aromatic heterocycles. The lowest BCUT2D eigenvalue weighted by Gasteiger charge is -2.06. The molecule has 0 saturated carbocycles. The Labute approximate surface area is 103 Å². The van der Waals surface area contributed by atoms with Crippen molar-refractivity contribution in [2.24, 2.45) is 5.10 Å². The van der Waals surface area contributed by atoms with E-state index in [-0.39, 0.29) is 13.2 Å². The summed E-state index contributed by atoms with van der Waals surface area (Å²) in [5.74, 6) is 0.120. The summed E-state index contributed by atoms with van der Waals surface area (Å²) in [5.41, 5.74) is 0. The predicted molar refractivity (Wildman–Crippen MR) is 59.9 cm³/mol. The van der Waals surface area contributed by atoms with Gasteiger partial charge in [-0.3, -0.25) is 4.79 Å². The molecule has 2 heterocycles. The number of hydrazone groups is 1. The number of nitrogens with zero attached hydrogens (tertiary/aromatic N) is 2. The van der Waals surface area contributed by atoms with Crippen LogP contribution in [0.3, 0.4) is 0 Å². The number of carbonyl (C=O) groups excluding carboxylic acids is 2. The van der Waals surface area contributed by atoms with E-state index < -0.39 is 18.2 Å². The van der Waals surface area contributed by atoms with Crippen LogP contribution in [0.4, 0.5) is 4.79 Å². The second-order valence-corrected chi connectivity index (χ2v) is 3.65. The molecule has 0 bridgehead atoms. The van der Waals surface area contributed by atoms with Crippen LogP contribution in [0.5, 0.6) is 0 Å². The summed E-state index contributed by atoms with van der Waals surface area (Å²) >= 11 is 0. The molecule has 1 unspecified atom stereocenters. The van der Waals surface area contributed by atoms with Crippen molar-refractivity contribution in [3.8, 4) is 0 Å². The minimum Gasteiger partial charge on any atom is -0.463 e. The Morgan fingerprint density at radius 3 is 3.22 bits per heavy atom. The van der Waals surface area contributed by atoms with Crippen molar-refractivity contribution in [1.29, 1.82) is 0 Å². The normalized spacial score (nSPS) is 19.3. The zero-order chi connectivity index (χ0) is 13.0. The first-order chi connectivity index (χ1) is 8.65. The number of esters is 1. The Kier molecular flexibility index (Phi) is 3.61. The standard InChI is InChI=1S/C11H12N2O5/c1-8(14)17-7-10-6-13(11(15)18-10)12-5-9-3-2-4-16-9/h2-5,10H,6-7H2,1H3. The zero-order valence-electron chi connectivity index (χ0n) is 9.74. The number of amides is 1. The van der Waals surface area contributed by atoms with Crippen molar-refractivity contribution in [1.82, 2.24) is 5.01 Å². The van der Waals surface area contributed by atoms with Crippen LogP contribution in [-0.2, 0) is 14.3 Å². The lowest BCUT2D eigenvalue weighted by Crippen LogP contribution is -2.22. The van der Waals surface area contributed by atoms with Crippen LogP contribution in [-0.4, -0.2) is 42.5 Å². The minimum absolute atomic E-state index is 0.0356. The van der Waals surface area contributed by atoms with Gasteiger partial charge in [-0.15, -0.1) is 0 Å². The summed E-state index contributed by atoms with van der Waals surface area (Å²) < 4.78 is 14.8. The molecule has 0 aliphatic carbocycles. The van der Waals surface area contributed by atoms with Crippen LogP contribution >= 0.6 is 0 Å². The Morgan fingerprint density at radius 1 is 1.72 bits per heavy atom. The number of ether oxygens (including phenoxy) is 2. The van der Waals surface area contributed by atoms with E-state index in [2.05, 4.69) is 5.10 Å². The van der Waals surface area contributed by atoms with Gasteiger partial charge >= 0.3 is 12.1 Å². The molecule has 1 aliphatic rings. The Hall–Kier alpha value is -2.31. The van der Waals surface area contributed by atoms with E-state index in [9.17, 15) is 9.59 Å². The van der Waals surface area contributed by atoms with Crippen molar-refractivity contribution in [2.75, 3.05) is 13.2 Å². The van der Waals surface area contributed by atoms with Gasteiger partial charge in [-0.05, 0) is 12.1 Å². The van der Waals surface area contributed by atoms with E-state index in [0.29, 0.717) is 5.76 Å². The summed E-state index contributed by atoms with van der Waals surface area (Å²) in [7, 11) is 0. The molecule has 1 amide bonds. The zero-order valence-corrected chi connectivity index (χ0v) is 9.74. The van der Waals surface area contributed by atoms with Gasteiger partial charge in [-0.2, -0.15) is 10.1 Å². The molecule has 0 radical (unpaired) electrons. The van der Waals surface area contributed by atoms with Crippen LogP contribution in [0.2, 0.25) is 0 Å². The van der Waals surface area contributed by atoms with Gasteiger partial charge in [-0.1, -0.05) is 0 Å². The maximum atomic E-state index is 11.4. The average Bonchev–Trinajstić information content (AvgIpc) is 2.93. The van der Waals surface area contributed by atoms with Gasteiger partial charge in [0.2, 0.25) is 0 Å². The summed E-state index contributed by atoms with van der Waals surface area (Å²) in [6.45, 7) is 1.57. The molecule has 1 atom stereocenters. The fourth-order valence-electron chi connectivity index (χ4n) is 1.39. The molecule has 1 saturated heterocycles. The van der Waals surface area contributed by atoms with Gasteiger partial charge < -0.3 is 13.9 Å². The lowest BCUT2D eigenvalue weighted by atomic mass is 10.4. The predicted octanol–water partition coefficient (Wildman–Crippen LogP) is 0.997. The number of hydrogen-bond acceptors (Lipinski definition) is 6. The number of carbonyl (C=O) groups is 2. The van der Waals surface area contributed by atoms with Crippen molar-refractivity contribution in [3.63, 3.8) is 0 Å². The smallest absolute Gasteiger partial charge is 0.430 e. The third kappa shape index (κ3) is 3.09. The largest absolute Gasteiger partial charge is 0.463 e. The van der Waals surface area contributed by atoms with Crippen molar-refractivity contribution in [2.45, 2.75) is 13.0 Å². The van der Waals surface area contributed by atoms with Gasteiger partial charge in [-0.25, -0.2) is 4.79 Å². The van der Waals surface area contributed by atoms with Crippen LogP contribution in [0.1, 0.15) is 12.7 Å². The van der Waals surface area contributed by atoms with E-state index in [1.165, 1.54) is 19.4 Å². The first-order valence-corrected chi connectivity index (χ1v) is 5.34. The van der Waals surface area contributed by atoms with Crippen molar-refractivity contribution < 1.29 is 23.5 Å². The molecular formula is C11H12N2O5. The Balaban J connectivity index is 1.87. The van der Waals surface area contributed by atoms with E-state index >= 15 is 0 Å². The molecule has 0 spiro atoms. The molecule has 2 rings (SSSR count). The second-order valence-electron chi connectivity index (χ2n) is 3.65. The molecule has 7 nitrogen and oxygen atoms in total. The van der Waals surface area contributed by atoms with E-state index in [4.69, 9.17) is 13.9 Å². The molecule has 96 valence electrons. The Morgan fingerprint density at radius 2 is 2.56 bits per heavy atom. The number of rotatable bonds is 4. The average molecular weight is 252 g/mol. The van der Waals surface area contributed by atoms with E-state index in [0.717, 1.165) is 5.01 Å². The van der Waals surface area contributed by atoms with Gasteiger partial charge in [0.1, 0.15) is 12.4 Å². The van der Waals surface area contributed by atoms with Gasteiger partial charge in [0.25, 0.3) is 0 Å². The second kappa shape index (κ2) is 5.35. The number of cyclic esters (lactones) is 1. The maximum Gasteiger partial charge on any atom is 0.430 e. The number of hydrogen-bond donors (Lipinski definition) is 0. The van der Waals surface area contributed by atoms with Crippen LogP contribution < -0.4 is 0 Å². The highest BCUT2D eigenvalue weighted by Crippen LogP contribution is 2.12. The Bertz CT molecular complexity index is 454. The van der Waals surface area contributed by atoms with E-state index in [1.807, 2.05) is 0 Å². The molecule has 1 aromatic rings. The molecule has 7 heteroatoms. The monoisotopic (exact) mass is 252 g/mol. The SMILES string of the molecule is CC(=O)OCC1CN(N=Cc2ccco2)C(=O)O1. The summed E-state index contributed by atoms with van der Waals surface area (Å²) in [6, 6.07) is 3.43. The van der Waals surface area contributed by atoms with Crippen LogP contribution in [0.15, 0.2) is 27.9 Å². The third-order valence-electron chi connectivity index (χ3n) is 2.19. The highest BCUT2D eigenvalue weighted by Gasteiger charge is 2.31. The van der Waals surface area contributed by atoms with Crippen LogP contribution in [0.25, 0.3) is 0 Å². The lowest BCUT2D eigenvalue weighted by molar-refractivity contribution is -0.143. The van der Waals surface area contributed by atoms with Crippen LogP contribution in [0, 0.1) is 0 Å². The first kappa shape index (κ1) is 12.2. The van der Waals surface area contributed by atoms with Gasteiger partial charge in [0, 0.05) is 6.92 Å². The topological polar surface area (TPSA) is 81.3 Å². The van der Waals surface area contributed by atoms with Gasteiger partial charge in [0.15, 0.2) is 6.10 Å². The molecule has 0 N–H and O–H groups in total. The van der Waals surface area contributed by atoms with E-state index in [1.54, 1.807) is 12.1 Å². The van der Waals surface area contributed by atoms with Gasteiger partial charge in [0.05, 0.1) is 19.0 Å². The molecule has 18 heavy (non-hydrogen) atoms. The fraction of sp³-hybridized carbons (Fsp3) is 0.364. The highest BCUT2D eigenvalue weighted by molar-refractivity contribution is 5.78. The summed E-state index contributed by atoms with van der Waals surface area (Å²) in [5, 5.41) is 5.07. The maximum absolute atomic E-state index is 11.4. The van der Waals surface area contributed by atoms with Crippen molar-refractivity contribution >= 4 is 18.3 Å². The highest BCUT2D eigenvalue weighted by atomic mass is 16.6.